The number of nitrogens with two attached hydrogens (primary N) is 1. The fourth-order valence-electron chi connectivity index (χ4n) is 1.76. The molecule has 18 heavy (non-hydrogen) atoms. The zero-order valence-corrected chi connectivity index (χ0v) is 12.3. The standard InChI is InChI=1S/C14H14BrNOS/c15-11-7-14(18-9-11)8-13(17)5-4-10-2-1-3-12(16)6-10/h1-3,6-7,9H,4-5,8,16H2. The molecule has 94 valence electrons. The van der Waals surface area contributed by atoms with E-state index in [0.29, 0.717) is 12.8 Å². The third kappa shape index (κ3) is 3.96. The van der Waals surface area contributed by atoms with Gasteiger partial charge in [0.15, 0.2) is 0 Å². The first-order valence-electron chi connectivity index (χ1n) is 5.72. The van der Waals surface area contributed by atoms with Crippen LogP contribution in [0.25, 0.3) is 0 Å². The van der Waals surface area contributed by atoms with Gasteiger partial charge in [-0.05, 0) is 46.1 Å². The lowest BCUT2D eigenvalue weighted by atomic mass is 10.1. The molecule has 1 aromatic carbocycles. The molecular weight excluding hydrogens is 310 g/mol. The summed E-state index contributed by atoms with van der Waals surface area (Å²) < 4.78 is 1.05. The molecule has 1 aromatic heterocycles. The van der Waals surface area contributed by atoms with Crippen LogP contribution in [0.5, 0.6) is 0 Å². The molecule has 0 unspecified atom stereocenters. The van der Waals surface area contributed by atoms with E-state index >= 15 is 0 Å². The van der Waals surface area contributed by atoms with E-state index in [-0.39, 0.29) is 5.78 Å². The van der Waals surface area contributed by atoms with Crippen molar-refractivity contribution < 1.29 is 4.79 Å². The Bertz CT molecular complexity index is 550. The number of halogens is 1. The Morgan fingerprint density at radius 3 is 2.83 bits per heavy atom. The first-order valence-corrected chi connectivity index (χ1v) is 7.40. The molecule has 2 nitrogen and oxygen atoms in total. The van der Waals surface area contributed by atoms with Gasteiger partial charge in [-0.15, -0.1) is 11.3 Å². The molecule has 0 aliphatic heterocycles. The number of Topliss-reactive ketones (excluding diaryl/α,β-unsaturated/α-hetero) is 1. The molecule has 0 saturated heterocycles. The van der Waals surface area contributed by atoms with E-state index in [0.717, 1.165) is 27.0 Å². The summed E-state index contributed by atoms with van der Waals surface area (Å²) in [7, 11) is 0. The summed E-state index contributed by atoms with van der Waals surface area (Å²) in [6, 6.07) is 9.71. The Kier molecular flexibility index (Phi) is 4.55. The maximum Gasteiger partial charge on any atom is 0.138 e. The number of carbonyl (C=O) groups excluding carboxylic acids is 1. The van der Waals surface area contributed by atoms with Crippen molar-refractivity contribution >= 4 is 38.7 Å². The molecule has 0 aliphatic carbocycles. The summed E-state index contributed by atoms with van der Waals surface area (Å²) in [5.41, 5.74) is 7.58. The minimum absolute atomic E-state index is 0.270. The number of rotatable bonds is 5. The van der Waals surface area contributed by atoms with Crippen LogP contribution in [-0.4, -0.2) is 5.78 Å². The molecule has 0 radical (unpaired) electrons. The number of thiophene rings is 1. The highest BCUT2D eigenvalue weighted by Gasteiger charge is 2.06. The van der Waals surface area contributed by atoms with Gasteiger partial charge in [0.05, 0.1) is 0 Å². The second kappa shape index (κ2) is 6.16. The van der Waals surface area contributed by atoms with E-state index < -0.39 is 0 Å². The van der Waals surface area contributed by atoms with Crippen LogP contribution in [0, 0.1) is 0 Å². The zero-order valence-electron chi connectivity index (χ0n) is 9.86. The normalized spacial score (nSPS) is 10.5. The molecule has 0 amide bonds. The van der Waals surface area contributed by atoms with Crippen molar-refractivity contribution in [3.63, 3.8) is 0 Å². The van der Waals surface area contributed by atoms with E-state index in [1.54, 1.807) is 11.3 Å². The summed E-state index contributed by atoms with van der Waals surface area (Å²) in [5.74, 6) is 0.270. The van der Waals surface area contributed by atoms with Gasteiger partial charge >= 0.3 is 0 Å². The Labute approximate surface area is 119 Å². The van der Waals surface area contributed by atoms with Gasteiger partial charge in [-0.1, -0.05) is 12.1 Å². The molecular formula is C14H14BrNOS. The summed E-state index contributed by atoms with van der Waals surface area (Å²) in [4.78, 5) is 13.0. The van der Waals surface area contributed by atoms with Crippen LogP contribution in [0.15, 0.2) is 40.2 Å². The van der Waals surface area contributed by atoms with Gasteiger partial charge < -0.3 is 5.73 Å². The Morgan fingerprint density at radius 2 is 2.17 bits per heavy atom. The predicted molar refractivity (Wildman–Crippen MR) is 79.9 cm³/mol. The average Bonchev–Trinajstić information content (AvgIpc) is 2.72. The third-order valence-corrected chi connectivity index (χ3v) is 4.33. The summed E-state index contributed by atoms with van der Waals surface area (Å²) in [6.07, 6.45) is 1.86. The van der Waals surface area contributed by atoms with Gasteiger partial charge in [0, 0.05) is 33.3 Å². The molecule has 2 aromatic rings. The second-order valence-electron chi connectivity index (χ2n) is 4.19. The monoisotopic (exact) mass is 323 g/mol. The smallest absolute Gasteiger partial charge is 0.138 e. The van der Waals surface area contributed by atoms with Crippen LogP contribution in [0.4, 0.5) is 5.69 Å². The quantitative estimate of drug-likeness (QED) is 0.849. The molecule has 0 saturated carbocycles. The second-order valence-corrected chi connectivity index (χ2v) is 6.10. The van der Waals surface area contributed by atoms with Crippen LogP contribution in [0.1, 0.15) is 16.9 Å². The van der Waals surface area contributed by atoms with E-state index in [9.17, 15) is 4.79 Å². The maximum absolute atomic E-state index is 11.8. The molecule has 2 rings (SSSR count). The van der Waals surface area contributed by atoms with Crippen LogP contribution in [0.2, 0.25) is 0 Å². The fourth-order valence-corrected chi connectivity index (χ4v) is 3.24. The van der Waals surface area contributed by atoms with Crippen molar-refractivity contribution in [1.82, 2.24) is 0 Å². The third-order valence-electron chi connectivity index (χ3n) is 2.64. The predicted octanol–water partition coefficient (Wildman–Crippen LogP) is 3.84. The summed E-state index contributed by atoms with van der Waals surface area (Å²) in [5, 5.41) is 2.00. The van der Waals surface area contributed by atoms with Gasteiger partial charge in [-0.3, -0.25) is 4.79 Å². The van der Waals surface area contributed by atoms with E-state index in [4.69, 9.17) is 5.73 Å². The van der Waals surface area contributed by atoms with Crippen molar-refractivity contribution in [3.05, 3.63) is 50.6 Å². The van der Waals surface area contributed by atoms with Gasteiger partial charge in [0.1, 0.15) is 5.78 Å². The first-order chi connectivity index (χ1) is 8.63. The molecule has 2 N–H and O–H groups in total. The number of benzene rings is 1. The van der Waals surface area contributed by atoms with E-state index in [2.05, 4.69) is 15.9 Å². The Balaban J connectivity index is 1.85. The number of hydrogen-bond donors (Lipinski definition) is 1. The highest BCUT2D eigenvalue weighted by molar-refractivity contribution is 9.10. The van der Waals surface area contributed by atoms with Crippen molar-refractivity contribution in [2.75, 3.05) is 5.73 Å². The number of carbonyl (C=O) groups is 1. The SMILES string of the molecule is Nc1cccc(CCC(=O)Cc2cc(Br)cs2)c1. The van der Waals surface area contributed by atoms with Gasteiger partial charge in [-0.2, -0.15) is 0 Å². The maximum atomic E-state index is 11.8. The van der Waals surface area contributed by atoms with Crippen molar-refractivity contribution in [1.29, 1.82) is 0 Å². The van der Waals surface area contributed by atoms with Crippen LogP contribution in [0.3, 0.4) is 0 Å². The highest BCUT2D eigenvalue weighted by Crippen LogP contribution is 2.20. The number of aryl methyl sites for hydroxylation is 1. The minimum atomic E-state index is 0.270. The van der Waals surface area contributed by atoms with Crippen molar-refractivity contribution in [2.45, 2.75) is 19.3 Å². The number of hydrogen-bond acceptors (Lipinski definition) is 3. The number of ketones is 1. The number of anilines is 1. The molecule has 0 aliphatic rings. The lowest BCUT2D eigenvalue weighted by Crippen LogP contribution is -2.03. The van der Waals surface area contributed by atoms with Gasteiger partial charge in [-0.25, -0.2) is 0 Å². The van der Waals surface area contributed by atoms with E-state index in [1.165, 1.54) is 0 Å². The molecule has 1 heterocycles. The highest BCUT2D eigenvalue weighted by atomic mass is 79.9. The van der Waals surface area contributed by atoms with Crippen LogP contribution >= 0.6 is 27.3 Å². The lowest BCUT2D eigenvalue weighted by molar-refractivity contribution is -0.118. The molecule has 0 fully saturated rings. The fraction of sp³-hybridized carbons (Fsp3) is 0.214. The van der Waals surface area contributed by atoms with Crippen LogP contribution < -0.4 is 5.73 Å². The molecule has 4 heteroatoms. The topological polar surface area (TPSA) is 43.1 Å². The van der Waals surface area contributed by atoms with Gasteiger partial charge in [0.2, 0.25) is 0 Å². The largest absolute Gasteiger partial charge is 0.399 e. The van der Waals surface area contributed by atoms with E-state index in [1.807, 2.05) is 35.7 Å². The lowest BCUT2D eigenvalue weighted by Gasteiger charge is -2.02. The van der Waals surface area contributed by atoms with Crippen molar-refractivity contribution in [3.8, 4) is 0 Å². The minimum Gasteiger partial charge on any atom is -0.399 e. The Hall–Kier alpha value is -1.13. The summed E-state index contributed by atoms with van der Waals surface area (Å²) in [6.45, 7) is 0. The summed E-state index contributed by atoms with van der Waals surface area (Å²) >= 11 is 5.01. The van der Waals surface area contributed by atoms with Gasteiger partial charge in [0.25, 0.3) is 0 Å². The molecule has 0 bridgehead atoms. The Morgan fingerprint density at radius 1 is 1.33 bits per heavy atom. The molecule has 0 spiro atoms. The zero-order chi connectivity index (χ0) is 13.0. The average molecular weight is 324 g/mol. The number of nitrogen functional groups attached to an aromatic ring is 1. The van der Waals surface area contributed by atoms with Crippen LogP contribution in [-0.2, 0) is 17.6 Å². The first kappa shape index (κ1) is 13.3. The molecule has 0 atom stereocenters. The van der Waals surface area contributed by atoms with Crippen molar-refractivity contribution in [2.24, 2.45) is 0 Å².